The first-order chi connectivity index (χ1) is 6.94. The van der Waals surface area contributed by atoms with Gasteiger partial charge in [0.2, 0.25) is 5.91 Å². The Bertz CT molecular complexity index is 269. The zero-order valence-electron chi connectivity index (χ0n) is 9.62. The number of nitrogens with zero attached hydrogens (tertiary/aromatic N) is 1. The van der Waals surface area contributed by atoms with Crippen LogP contribution in [0.5, 0.6) is 0 Å². The van der Waals surface area contributed by atoms with Gasteiger partial charge in [-0.25, -0.2) is 0 Å². The summed E-state index contributed by atoms with van der Waals surface area (Å²) in [5.41, 5.74) is -1.08. The summed E-state index contributed by atoms with van der Waals surface area (Å²) >= 11 is 0. The number of carbonyl (C=O) groups excluding carboxylic acids is 1. The third-order valence-corrected chi connectivity index (χ3v) is 2.82. The molecule has 4 nitrogen and oxygen atoms in total. The number of aliphatic carboxylic acids is 1. The van der Waals surface area contributed by atoms with Gasteiger partial charge in [0.25, 0.3) is 0 Å². The van der Waals surface area contributed by atoms with E-state index in [1.54, 1.807) is 4.90 Å². The lowest BCUT2D eigenvalue weighted by Gasteiger charge is -2.25. The molecule has 1 amide bonds. The van der Waals surface area contributed by atoms with Gasteiger partial charge in [0.1, 0.15) is 5.41 Å². The summed E-state index contributed by atoms with van der Waals surface area (Å²) in [5, 5.41) is 9.01. The predicted molar refractivity (Wildman–Crippen MR) is 56.4 cm³/mol. The Hall–Kier alpha value is -1.06. The third-order valence-electron chi connectivity index (χ3n) is 2.82. The van der Waals surface area contributed by atoms with Gasteiger partial charge in [0.15, 0.2) is 0 Å². The van der Waals surface area contributed by atoms with E-state index in [4.69, 9.17) is 5.11 Å². The normalized spacial score (nSPS) is 17.6. The summed E-state index contributed by atoms with van der Waals surface area (Å²) in [4.78, 5) is 24.6. The molecule has 0 radical (unpaired) electrons. The van der Waals surface area contributed by atoms with Gasteiger partial charge in [-0.05, 0) is 25.7 Å². The quantitative estimate of drug-likeness (QED) is 0.701. The molecule has 0 saturated heterocycles. The SMILES string of the molecule is CCN(CC(C)C)C(=O)C1(C(=O)O)CC1. The molecule has 0 aromatic rings. The van der Waals surface area contributed by atoms with Crippen molar-refractivity contribution in [1.29, 1.82) is 0 Å². The Balaban J connectivity index is 2.69. The molecule has 1 aliphatic rings. The number of amides is 1. The summed E-state index contributed by atoms with van der Waals surface area (Å²) in [6.45, 7) is 7.17. The zero-order valence-corrected chi connectivity index (χ0v) is 9.62. The van der Waals surface area contributed by atoms with Crippen molar-refractivity contribution < 1.29 is 14.7 Å². The molecule has 1 saturated carbocycles. The number of carbonyl (C=O) groups is 2. The van der Waals surface area contributed by atoms with E-state index in [-0.39, 0.29) is 5.91 Å². The van der Waals surface area contributed by atoms with Gasteiger partial charge in [-0.1, -0.05) is 13.8 Å². The Morgan fingerprint density at radius 1 is 1.40 bits per heavy atom. The molecule has 0 bridgehead atoms. The highest BCUT2D eigenvalue weighted by atomic mass is 16.4. The van der Waals surface area contributed by atoms with Gasteiger partial charge in [-0.15, -0.1) is 0 Å². The van der Waals surface area contributed by atoms with E-state index in [0.717, 1.165) is 0 Å². The third kappa shape index (κ3) is 2.30. The topological polar surface area (TPSA) is 57.6 Å². The standard InChI is InChI=1S/C11H19NO3/c1-4-12(7-8(2)3)9(13)11(5-6-11)10(14)15/h8H,4-7H2,1-3H3,(H,14,15). The van der Waals surface area contributed by atoms with Crippen molar-refractivity contribution >= 4 is 11.9 Å². The van der Waals surface area contributed by atoms with Crippen LogP contribution < -0.4 is 0 Å². The van der Waals surface area contributed by atoms with Crippen LogP contribution in [0.3, 0.4) is 0 Å². The lowest BCUT2D eigenvalue weighted by molar-refractivity contribution is -0.153. The first kappa shape index (κ1) is 12.0. The van der Waals surface area contributed by atoms with E-state index in [2.05, 4.69) is 0 Å². The Morgan fingerprint density at radius 2 is 1.93 bits per heavy atom. The molecule has 1 aliphatic carbocycles. The number of hydrogen-bond acceptors (Lipinski definition) is 2. The van der Waals surface area contributed by atoms with Gasteiger partial charge in [-0.3, -0.25) is 9.59 Å². The second kappa shape index (κ2) is 4.21. The summed E-state index contributed by atoms with van der Waals surface area (Å²) in [7, 11) is 0. The Labute approximate surface area is 90.3 Å². The van der Waals surface area contributed by atoms with Gasteiger partial charge in [-0.2, -0.15) is 0 Å². The van der Waals surface area contributed by atoms with E-state index in [1.807, 2.05) is 20.8 Å². The van der Waals surface area contributed by atoms with Crippen molar-refractivity contribution in [2.75, 3.05) is 13.1 Å². The first-order valence-corrected chi connectivity index (χ1v) is 5.47. The van der Waals surface area contributed by atoms with Crippen molar-refractivity contribution in [3.63, 3.8) is 0 Å². The van der Waals surface area contributed by atoms with E-state index in [1.165, 1.54) is 0 Å². The number of carboxylic acid groups (broad SMARTS) is 1. The summed E-state index contributed by atoms with van der Waals surface area (Å²) < 4.78 is 0. The summed E-state index contributed by atoms with van der Waals surface area (Å²) in [6, 6.07) is 0. The average Bonchev–Trinajstić information content (AvgIpc) is 2.93. The second-order valence-electron chi connectivity index (χ2n) is 4.62. The fraction of sp³-hybridized carbons (Fsp3) is 0.818. The molecule has 0 aliphatic heterocycles. The van der Waals surface area contributed by atoms with E-state index in [9.17, 15) is 9.59 Å². The molecule has 1 N–H and O–H groups in total. The molecule has 15 heavy (non-hydrogen) atoms. The van der Waals surface area contributed by atoms with E-state index >= 15 is 0 Å². The van der Waals surface area contributed by atoms with Crippen LogP contribution in [0.4, 0.5) is 0 Å². The highest BCUT2D eigenvalue weighted by molar-refractivity contribution is 6.04. The fourth-order valence-electron chi connectivity index (χ4n) is 1.74. The van der Waals surface area contributed by atoms with Gasteiger partial charge < -0.3 is 10.0 Å². The van der Waals surface area contributed by atoms with E-state index < -0.39 is 11.4 Å². The molecule has 86 valence electrons. The average molecular weight is 213 g/mol. The van der Waals surface area contributed by atoms with Crippen molar-refractivity contribution in [3.05, 3.63) is 0 Å². The lowest BCUT2D eigenvalue weighted by atomic mass is 10.0. The molecule has 0 aromatic carbocycles. The van der Waals surface area contributed by atoms with Crippen LogP contribution in [0.25, 0.3) is 0 Å². The maximum absolute atomic E-state index is 12.0. The molecule has 1 fully saturated rings. The van der Waals surface area contributed by atoms with Crippen LogP contribution in [-0.4, -0.2) is 35.0 Å². The van der Waals surface area contributed by atoms with Crippen molar-refractivity contribution in [2.24, 2.45) is 11.3 Å². The van der Waals surface area contributed by atoms with Crippen LogP contribution in [0.15, 0.2) is 0 Å². The zero-order chi connectivity index (χ0) is 11.6. The second-order valence-corrected chi connectivity index (χ2v) is 4.62. The monoisotopic (exact) mass is 213 g/mol. The van der Waals surface area contributed by atoms with Gasteiger partial charge in [0.05, 0.1) is 0 Å². The molecule has 1 rings (SSSR count). The van der Waals surface area contributed by atoms with Crippen molar-refractivity contribution in [1.82, 2.24) is 4.90 Å². The number of rotatable bonds is 5. The smallest absolute Gasteiger partial charge is 0.319 e. The first-order valence-electron chi connectivity index (χ1n) is 5.47. The summed E-state index contributed by atoms with van der Waals surface area (Å²) in [6.07, 6.45) is 0.992. The molecule has 0 heterocycles. The van der Waals surface area contributed by atoms with E-state index in [0.29, 0.717) is 31.8 Å². The lowest BCUT2D eigenvalue weighted by Crippen LogP contribution is -2.42. The van der Waals surface area contributed by atoms with Crippen LogP contribution >= 0.6 is 0 Å². The minimum Gasteiger partial charge on any atom is -0.480 e. The Kier molecular flexibility index (Phi) is 3.37. The highest BCUT2D eigenvalue weighted by Crippen LogP contribution is 2.47. The molecule has 0 aromatic heterocycles. The molecule has 0 spiro atoms. The van der Waals surface area contributed by atoms with Crippen LogP contribution in [0, 0.1) is 11.3 Å². The van der Waals surface area contributed by atoms with Crippen LogP contribution in [0.2, 0.25) is 0 Å². The molecular weight excluding hydrogens is 194 g/mol. The number of carboxylic acids is 1. The molecule has 4 heteroatoms. The van der Waals surface area contributed by atoms with Gasteiger partial charge in [0, 0.05) is 13.1 Å². The largest absolute Gasteiger partial charge is 0.480 e. The molecule has 0 atom stereocenters. The van der Waals surface area contributed by atoms with Crippen LogP contribution in [0.1, 0.15) is 33.6 Å². The highest BCUT2D eigenvalue weighted by Gasteiger charge is 2.58. The number of hydrogen-bond donors (Lipinski definition) is 1. The minimum atomic E-state index is -1.08. The fourth-order valence-corrected chi connectivity index (χ4v) is 1.74. The molecule has 0 unspecified atom stereocenters. The molecular formula is C11H19NO3. The predicted octanol–water partition coefficient (Wildman–Crippen LogP) is 1.36. The maximum atomic E-state index is 12.0. The maximum Gasteiger partial charge on any atom is 0.319 e. The summed E-state index contributed by atoms with van der Waals surface area (Å²) in [5.74, 6) is -0.792. The van der Waals surface area contributed by atoms with Crippen molar-refractivity contribution in [2.45, 2.75) is 33.6 Å². The minimum absolute atomic E-state index is 0.203. The van der Waals surface area contributed by atoms with Gasteiger partial charge >= 0.3 is 5.97 Å². The van der Waals surface area contributed by atoms with Crippen molar-refractivity contribution in [3.8, 4) is 0 Å². The Morgan fingerprint density at radius 3 is 2.20 bits per heavy atom. The van der Waals surface area contributed by atoms with Crippen LogP contribution in [-0.2, 0) is 9.59 Å².